The summed E-state index contributed by atoms with van der Waals surface area (Å²) in [5.74, 6) is 0.286. The van der Waals surface area contributed by atoms with Gasteiger partial charge in [0, 0.05) is 18.4 Å². The molecule has 1 aliphatic heterocycles. The standard InChI is InChI=1S/C20H21N5O2S/c1-13-4-2-10-22-18(13)17-12-14-5-3-11-23-19(14)20(24-17)25-28(26,27)16-8-6-15(21)7-9-16/h2,4,6-10,12,23H,3,5,11,21H2,1H3,(H,24,25). The third kappa shape index (κ3) is 3.50. The number of sulfonamides is 1. The van der Waals surface area contributed by atoms with E-state index in [9.17, 15) is 8.42 Å². The van der Waals surface area contributed by atoms with E-state index in [1.165, 1.54) is 12.1 Å². The molecule has 3 heterocycles. The minimum Gasteiger partial charge on any atom is -0.399 e. The molecule has 0 fully saturated rings. The first-order valence-electron chi connectivity index (χ1n) is 9.02. The van der Waals surface area contributed by atoms with Crippen molar-refractivity contribution < 1.29 is 8.42 Å². The first-order chi connectivity index (χ1) is 13.4. The van der Waals surface area contributed by atoms with Crippen LogP contribution < -0.4 is 15.8 Å². The maximum absolute atomic E-state index is 12.9. The number of rotatable bonds is 4. The van der Waals surface area contributed by atoms with Crippen LogP contribution in [0.5, 0.6) is 0 Å². The summed E-state index contributed by atoms with van der Waals surface area (Å²) in [6.07, 6.45) is 3.53. The van der Waals surface area contributed by atoms with Gasteiger partial charge >= 0.3 is 0 Å². The van der Waals surface area contributed by atoms with E-state index in [4.69, 9.17) is 5.73 Å². The summed E-state index contributed by atoms with van der Waals surface area (Å²) < 4.78 is 28.4. The molecule has 0 spiro atoms. The van der Waals surface area contributed by atoms with Crippen molar-refractivity contribution in [3.63, 3.8) is 0 Å². The Morgan fingerprint density at radius 2 is 1.96 bits per heavy atom. The number of pyridine rings is 2. The topological polar surface area (TPSA) is 110 Å². The maximum atomic E-state index is 12.9. The summed E-state index contributed by atoms with van der Waals surface area (Å²) in [5, 5.41) is 3.28. The van der Waals surface area contributed by atoms with Crippen LogP contribution in [0.4, 0.5) is 17.2 Å². The molecule has 1 aliphatic rings. The number of anilines is 3. The second kappa shape index (κ2) is 7.12. The molecule has 4 rings (SSSR count). The normalized spacial score (nSPS) is 13.5. The van der Waals surface area contributed by atoms with Crippen molar-refractivity contribution in [1.29, 1.82) is 0 Å². The Bertz CT molecular complexity index is 1130. The highest BCUT2D eigenvalue weighted by atomic mass is 32.2. The molecular formula is C20H21N5O2S. The number of aromatic nitrogens is 2. The fourth-order valence-corrected chi connectivity index (χ4v) is 4.28. The van der Waals surface area contributed by atoms with E-state index in [-0.39, 0.29) is 10.7 Å². The van der Waals surface area contributed by atoms with Gasteiger partial charge in [-0.1, -0.05) is 6.07 Å². The Kier molecular flexibility index (Phi) is 4.64. The van der Waals surface area contributed by atoms with E-state index in [1.807, 2.05) is 25.1 Å². The van der Waals surface area contributed by atoms with Crippen LogP contribution in [0.2, 0.25) is 0 Å². The first kappa shape index (κ1) is 18.2. The van der Waals surface area contributed by atoms with E-state index in [1.54, 1.807) is 18.3 Å². The minimum atomic E-state index is -3.80. The van der Waals surface area contributed by atoms with Crippen LogP contribution in [0.15, 0.2) is 53.6 Å². The van der Waals surface area contributed by atoms with Gasteiger partial charge < -0.3 is 11.1 Å². The number of aryl methyl sites for hydroxylation is 2. The second-order valence-corrected chi connectivity index (χ2v) is 8.45. The highest BCUT2D eigenvalue weighted by molar-refractivity contribution is 7.92. The van der Waals surface area contributed by atoms with Gasteiger partial charge in [0.05, 0.1) is 22.0 Å². The molecule has 144 valence electrons. The van der Waals surface area contributed by atoms with Gasteiger partial charge in [-0.25, -0.2) is 13.4 Å². The van der Waals surface area contributed by atoms with Gasteiger partial charge in [-0.2, -0.15) is 0 Å². The fourth-order valence-electron chi connectivity index (χ4n) is 3.27. The van der Waals surface area contributed by atoms with Crippen LogP contribution in [-0.2, 0) is 16.4 Å². The zero-order valence-electron chi connectivity index (χ0n) is 15.4. The van der Waals surface area contributed by atoms with E-state index >= 15 is 0 Å². The van der Waals surface area contributed by atoms with Crippen LogP contribution in [0, 0.1) is 6.92 Å². The number of nitrogen functional groups attached to an aromatic ring is 1. The van der Waals surface area contributed by atoms with Crippen LogP contribution in [-0.4, -0.2) is 24.9 Å². The molecule has 1 aromatic carbocycles. The molecule has 7 nitrogen and oxygen atoms in total. The van der Waals surface area contributed by atoms with Crippen LogP contribution in [0.1, 0.15) is 17.5 Å². The van der Waals surface area contributed by atoms with Crippen molar-refractivity contribution >= 4 is 27.2 Å². The molecular weight excluding hydrogens is 374 g/mol. The van der Waals surface area contributed by atoms with E-state index in [0.717, 1.165) is 41.9 Å². The zero-order valence-corrected chi connectivity index (χ0v) is 16.3. The van der Waals surface area contributed by atoms with Crippen molar-refractivity contribution in [3.05, 3.63) is 59.8 Å². The van der Waals surface area contributed by atoms with Crippen LogP contribution >= 0.6 is 0 Å². The van der Waals surface area contributed by atoms with E-state index < -0.39 is 10.0 Å². The van der Waals surface area contributed by atoms with Gasteiger partial charge in [-0.15, -0.1) is 0 Å². The SMILES string of the molecule is Cc1cccnc1-c1cc2c(c(NS(=O)(=O)c3ccc(N)cc3)n1)NCCC2. The molecule has 8 heteroatoms. The minimum absolute atomic E-state index is 0.132. The molecule has 4 N–H and O–H groups in total. The predicted molar refractivity (Wildman–Crippen MR) is 111 cm³/mol. The summed E-state index contributed by atoms with van der Waals surface area (Å²) in [6.45, 7) is 2.73. The third-order valence-electron chi connectivity index (χ3n) is 4.70. The van der Waals surface area contributed by atoms with Gasteiger partial charge in [0.2, 0.25) is 0 Å². The fraction of sp³-hybridized carbons (Fsp3) is 0.200. The molecule has 0 saturated carbocycles. The first-order valence-corrected chi connectivity index (χ1v) is 10.5. The smallest absolute Gasteiger partial charge is 0.263 e. The highest BCUT2D eigenvalue weighted by Crippen LogP contribution is 2.34. The maximum Gasteiger partial charge on any atom is 0.263 e. The van der Waals surface area contributed by atoms with Gasteiger partial charge in [0.1, 0.15) is 0 Å². The molecule has 0 aliphatic carbocycles. The van der Waals surface area contributed by atoms with Crippen molar-refractivity contribution in [2.75, 3.05) is 22.3 Å². The number of nitrogens with one attached hydrogen (secondary N) is 2. The average Bonchev–Trinajstić information content (AvgIpc) is 2.68. The summed E-state index contributed by atoms with van der Waals surface area (Å²) in [5.41, 5.74) is 10.3. The summed E-state index contributed by atoms with van der Waals surface area (Å²) >= 11 is 0. The monoisotopic (exact) mass is 395 g/mol. The average molecular weight is 395 g/mol. The second-order valence-electron chi connectivity index (χ2n) is 6.76. The summed E-state index contributed by atoms with van der Waals surface area (Å²) in [7, 11) is -3.80. The molecule has 0 unspecified atom stereocenters. The van der Waals surface area contributed by atoms with Crippen molar-refractivity contribution in [3.8, 4) is 11.4 Å². The Morgan fingerprint density at radius 3 is 2.71 bits per heavy atom. The molecule has 0 saturated heterocycles. The van der Waals surface area contributed by atoms with E-state index in [2.05, 4.69) is 20.0 Å². The number of benzene rings is 1. The lowest BCUT2D eigenvalue weighted by atomic mass is 10.0. The number of nitrogens with zero attached hydrogens (tertiary/aromatic N) is 2. The zero-order chi connectivity index (χ0) is 19.7. The molecule has 0 bridgehead atoms. The Morgan fingerprint density at radius 1 is 1.18 bits per heavy atom. The molecule has 28 heavy (non-hydrogen) atoms. The molecule has 2 aromatic heterocycles. The highest BCUT2D eigenvalue weighted by Gasteiger charge is 2.22. The van der Waals surface area contributed by atoms with Crippen LogP contribution in [0.3, 0.4) is 0 Å². The molecule has 3 aromatic rings. The largest absolute Gasteiger partial charge is 0.399 e. The lowest BCUT2D eigenvalue weighted by Gasteiger charge is -2.22. The number of nitrogens with two attached hydrogens (primary N) is 1. The van der Waals surface area contributed by atoms with Gasteiger partial charge in [0.15, 0.2) is 5.82 Å². The van der Waals surface area contributed by atoms with Gasteiger partial charge in [0.25, 0.3) is 10.0 Å². The van der Waals surface area contributed by atoms with Crippen molar-refractivity contribution in [2.24, 2.45) is 0 Å². The molecule has 0 atom stereocenters. The van der Waals surface area contributed by atoms with Gasteiger partial charge in [-0.3, -0.25) is 9.71 Å². The number of hydrogen-bond acceptors (Lipinski definition) is 6. The lowest BCUT2D eigenvalue weighted by Crippen LogP contribution is -2.20. The lowest BCUT2D eigenvalue weighted by molar-refractivity contribution is 0.601. The Hall–Kier alpha value is -3.13. The number of hydrogen-bond donors (Lipinski definition) is 3. The van der Waals surface area contributed by atoms with Crippen molar-refractivity contribution in [1.82, 2.24) is 9.97 Å². The summed E-state index contributed by atoms with van der Waals surface area (Å²) in [4.78, 5) is 9.17. The molecule has 0 radical (unpaired) electrons. The third-order valence-corrected chi connectivity index (χ3v) is 6.05. The quantitative estimate of drug-likeness (QED) is 0.585. The Balaban J connectivity index is 1.80. The Labute approximate surface area is 164 Å². The predicted octanol–water partition coefficient (Wildman–Crippen LogP) is 3.19. The van der Waals surface area contributed by atoms with Gasteiger partial charge in [-0.05, 0) is 67.3 Å². The van der Waals surface area contributed by atoms with Crippen molar-refractivity contribution in [2.45, 2.75) is 24.7 Å². The van der Waals surface area contributed by atoms with E-state index in [0.29, 0.717) is 11.4 Å². The molecule has 0 amide bonds. The van der Waals surface area contributed by atoms with Crippen LogP contribution in [0.25, 0.3) is 11.4 Å². The summed E-state index contributed by atoms with van der Waals surface area (Å²) in [6, 6.07) is 11.9. The number of fused-ring (bicyclic) bond motifs is 1.